The predicted molar refractivity (Wildman–Crippen MR) is 57.2 cm³/mol. The van der Waals surface area contributed by atoms with Crippen LogP contribution in [0, 0.1) is 28.6 Å². The maximum atomic E-state index is 8.73. The molecule has 0 radical (unpaired) electrons. The monoisotopic (exact) mass is 195 g/mol. The summed E-state index contributed by atoms with van der Waals surface area (Å²) in [7, 11) is 0.250. The lowest BCUT2D eigenvalue weighted by atomic mass is 10.0. The molecule has 0 N–H and O–H groups in total. The van der Waals surface area contributed by atoms with Crippen LogP contribution in [0.3, 0.4) is 0 Å². The Morgan fingerprint density at radius 3 is 1.92 bits per heavy atom. The fraction of sp³-hybridized carbons (Fsp3) is 0.600. The van der Waals surface area contributed by atoms with Crippen molar-refractivity contribution in [1.82, 2.24) is 0 Å². The number of nitrogens with zero attached hydrogens (tertiary/aromatic N) is 2. The quantitative estimate of drug-likeness (QED) is 0.510. The van der Waals surface area contributed by atoms with Crippen molar-refractivity contribution in [3.8, 4) is 12.1 Å². The van der Waals surface area contributed by atoms with Crippen LogP contribution < -0.4 is 0 Å². The highest BCUT2D eigenvalue weighted by atomic mass is 32.2. The van der Waals surface area contributed by atoms with Gasteiger partial charge in [-0.15, -0.1) is 0 Å². The van der Waals surface area contributed by atoms with E-state index in [1.807, 2.05) is 26.0 Å². The van der Waals surface area contributed by atoms with Crippen LogP contribution in [0.2, 0.25) is 0 Å². The fourth-order valence-corrected chi connectivity index (χ4v) is 2.11. The third-order valence-electron chi connectivity index (χ3n) is 1.69. The van der Waals surface area contributed by atoms with Gasteiger partial charge in [-0.05, 0) is 16.8 Å². The Hall–Kier alpha value is -0.930. The number of hydrogen-bond acceptors (Lipinski definition) is 2. The van der Waals surface area contributed by atoms with Crippen LogP contribution in [0.25, 0.3) is 0 Å². The van der Waals surface area contributed by atoms with Crippen LogP contribution in [0.15, 0.2) is 11.1 Å². The van der Waals surface area contributed by atoms with Gasteiger partial charge < -0.3 is 0 Å². The van der Waals surface area contributed by atoms with E-state index in [9.17, 15) is 0 Å². The second-order valence-corrected chi connectivity index (χ2v) is 5.67. The summed E-state index contributed by atoms with van der Waals surface area (Å²) < 4.78 is 0. The second kappa shape index (κ2) is 5.67. The van der Waals surface area contributed by atoms with Crippen molar-refractivity contribution in [2.24, 2.45) is 5.92 Å². The highest BCUT2D eigenvalue weighted by molar-refractivity contribution is 7.95. The summed E-state index contributed by atoms with van der Waals surface area (Å²) in [5, 5.41) is 17.5. The van der Waals surface area contributed by atoms with Crippen molar-refractivity contribution >= 4 is 10.9 Å². The second-order valence-electron chi connectivity index (χ2n) is 3.41. The Labute approximate surface area is 83.2 Å². The van der Waals surface area contributed by atoms with E-state index < -0.39 is 0 Å². The molecule has 2 nitrogen and oxygen atoms in total. The topological polar surface area (TPSA) is 47.6 Å². The average molecular weight is 195 g/mol. The minimum absolute atomic E-state index is 0.250. The van der Waals surface area contributed by atoms with E-state index in [4.69, 9.17) is 10.5 Å². The fourth-order valence-electron chi connectivity index (χ4n) is 1.01. The molecule has 0 fully saturated rings. The van der Waals surface area contributed by atoms with Gasteiger partial charge in [-0.25, -0.2) is 0 Å². The van der Waals surface area contributed by atoms with Crippen LogP contribution >= 0.6 is 0 Å². The summed E-state index contributed by atoms with van der Waals surface area (Å²) >= 11 is 0. The number of hydrogen-bond donors (Lipinski definition) is 0. The van der Waals surface area contributed by atoms with Crippen LogP contribution in [-0.4, -0.2) is 18.3 Å². The molecule has 0 spiro atoms. The van der Waals surface area contributed by atoms with Gasteiger partial charge in [0.1, 0.15) is 23.5 Å². The third kappa shape index (κ3) is 4.01. The first-order valence-corrected chi connectivity index (χ1v) is 6.31. The molecule has 3 heteroatoms. The molecule has 0 rings (SSSR count). The molecule has 0 heterocycles. The zero-order valence-corrected chi connectivity index (χ0v) is 9.40. The van der Waals surface area contributed by atoms with Gasteiger partial charge in [0, 0.05) is 5.57 Å². The normalized spacial score (nSPS) is 9.54. The van der Waals surface area contributed by atoms with Gasteiger partial charge in [0.25, 0.3) is 0 Å². The summed E-state index contributed by atoms with van der Waals surface area (Å²) in [6.45, 7) is 4.05. The van der Waals surface area contributed by atoms with E-state index >= 15 is 0 Å². The number of rotatable bonds is 3. The molecule has 0 aromatic carbocycles. The van der Waals surface area contributed by atoms with Gasteiger partial charge in [0.15, 0.2) is 0 Å². The lowest BCUT2D eigenvalue weighted by Crippen LogP contribution is -2.11. The Bertz CT molecular complexity index is 260. The highest BCUT2D eigenvalue weighted by Crippen LogP contribution is 2.16. The van der Waals surface area contributed by atoms with Crippen LogP contribution in [0.4, 0.5) is 0 Å². The Morgan fingerprint density at radius 1 is 1.23 bits per heavy atom. The van der Waals surface area contributed by atoms with Gasteiger partial charge >= 0.3 is 0 Å². The van der Waals surface area contributed by atoms with Gasteiger partial charge in [0.05, 0.1) is 12.5 Å². The molecule has 70 valence electrons. The zero-order chi connectivity index (χ0) is 10.4. The van der Waals surface area contributed by atoms with Gasteiger partial charge in [-0.3, -0.25) is 0 Å². The van der Waals surface area contributed by atoms with Gasteiger partial charge in [-0.2, -0.15) is 10.5 Å². The van der Waals surface area contributed by atoms with Gasteiger partial charge in [0.2, 0.25) is 0 Å². The third-order valence-corrected chi connectivity index (χ3v) is 2.57. The first-order chi connectivity index (χ1) is 6.02. The maximum Gasteiger partial charge on any atom is 0.133 e. The number of nitriles is 2. The van der Waals surface area contributed by atoms with E-state index in [1.54, 1.807) is 0 Å². The summed E-state index contributed by atoms with van der Waals surface area (Å²) in [6, 6.07) is 3.92. The van der Waals surface area contributed by atoms with E-state index in [-0.39, 0.29) is 10.9 Å². The molecule has 0 amide bonds. The zero-order valence-electron chi connectivity index (χ0n) is 8.59. The molecule has 0 aliphatic carbocycles. The van der Waals surface area contributed by atoms with Crippen LogP contribution in [-0.2, 0) is 10.9 Å². The molecule has 0 aliphatic heterocycles. The number of allylic oxidation sites excluding steroid dienone is 1. The molecular formula is C10H15N2S+. The molecule has 0 atom stereocenters. The van der Waals surface area contributed by atoms with E-state index in [0.717, 1.165) is 11.3 Å². The van der Waals surface area contributed by atoms with E-state index in [2.05, 4.69) is 12.5 Å². The summed E-state index contributed by atoms with van der Waals surface area (Å²) in [5.41, 5.74) is 1.30. The Morgan fingerprint density at radius 2 is 1.69 bits per heavy atom. The van der Waals surface area contributed by atoms with E-state index in [1.165, 1.54) is 0 Å². The van der Waals surface area contributed by atoms with Crippen molar-refractivity contribution in [2.45, 2.75) is 13.8 Å². The van der Waals surface area contributed by atoms with Crippen LogP contribution in [0.1, 0.15) is 13.8 Å². The van der Waals surface area contributed by atoms with E-state index in [0.29, 0.717) is 11.5 Å². The molecule has 13 heavy (non-hydrogen) atoms. The first-order valence-electron chi connectivity index (χ1n) is 4.10. The molecule has 0 saturated heterocycles. The van der Waals surface area contributed by atoms with Crippen molar-refractivity contribution in [3.05, 3.63) is 11.1 Å². The van der Waals surface area contributed by atoms with Crippen molar-refractivity contribution in [2.75, 3.05) is 18.3 Å². The molecule has 0 aromatic rings. The van der Waals surface area contributed by atoms with Crippen LogP contribution in [0.5, 0.6) is 0 Å². The van der Waals surface area contributed by atoms with Crippen molar-refractivity contribution in [3.63, 3.8) is 0 Å². The maximum absolute atomic E-state index is 8.73. The summed E-state index contributed by atoms with van der Waals surface area (Å²) in [5.74, 6) is 1.16. The lowest BCUT2D eigenvalue weighted by molar-refractivity contribution is 0.768. The molecule has 0 aromatic heterocycles. The smallest absolute Gasteiger partial charge is 0.133 e. The average Bonchev–Trinajstić information content (AvgIpc) is 2.04. The summed E-state index contributed by atoms with van der Waals surface area (Å²) in [6.07, 6.45) is 4.24. The minimum atomic E-state index is 0.250. The first kappa shape index (κ1) is 12.1. The molecular weight excluding hydrogens is 180 g/mol. The molecule has 0 saturated carbocycles. The summed E-state index contributed by atoms with van der Waals surface area (Å²) in [4.78, 5) is 0. The lowest BCUT2D eigenvalue weighted by Gasteiger charge is -2.08. The minimum Gasteiger partial charge on any atom is -0.192 e. The standard InChI is InChI=1S/C10H15N2S/c1-8(2)10(7-13(3)4)9(5-11)6-12/h8H,7H2,1-4H3/q+1. The Kier molecular flexibility index (Phi) is 5.26. The molecule has 0 unspecified atom stereocenters. The van der Waals surface area contributed by atoms with Crippen molar-refractivity contribution < 1.29 is 0 Å². The SMILES string of the molecule is CC(C)C(C[S+](C)C)=C(C#N)C#N. The Balaban J connectivity index is 4.92. The largest absolute Gasteiger partial charge is 0.192 e. The van der Waals surface area contributed by atoms with Crippen molar-refractivity contribution in [1.29, 1.82) is 10.5 Å². The molecule has 0 aliphatic rings. The van der Waals surface area contributed by atoms with Gasteiger partial charge in [-0.1, -0.05) is 13.8 Å². The molecule has 0 bridgehead atoms. The predicted octanol–water partition coefficient (Wildman–Crippen LogP) is 1.86. The highest BCUT2D eigenvalue weighted by Gasteiger charge is 2.16.